The van der Waals surface area contributed by atoms with E-state index in [0.29, 0.717) is 18.7 Å². The summed E-state index contributed by atoms with van der Waals surface area (Å²) in [5, 5.41) is 3.15. The molecule has 1 saturated heterocycles. The van der Waals surface area contributed by atoms with Gasteiger partial charge in [-0.2, -0.15) is 0 Å². The first-order valence-corrected chi connectivity index (χ1v) is 11.7. The van der Waals surface area contributed by atoms with Crippen LogP contribution in [0.1, 0.15) is 83.2 Å². The van der Waals surface area contributed by atoms with Crippen LogP contribution in [0.15, 0.2) is 24.3 Å². The van der Waals surface area contributed by atoms with Gasteiger partial charge in [0.25, 0.3) is 5.91 Å². The Morgan fingerprint density at radius 2 is 1.84 bits per heavy atom. The highest BCUT2D eigenvalue weighted by molar-refractivity contribution is 6.04. The quantitative estimate of drug-likeness (QED) is 0.700. The molecule has 0 saturated carbocycles. The number of aromatic nitrogens is 1. The first kappa shape index (κ1) is 22.6. The number of benzene rings is 1. The number of carbonyl (C=O) groups is 2. The molecule has 2 aromatic rings. The summed E-state index contributed by atoms with van der Waals surface area (Å²) in [4.78, 5) is 31.6. The maximum atomic E-state index is 13.2. The van der Waals surface area contributed by atoms with E-state index in [2.05, 4.69) is 41.2 Å². The second-order valence-corrected chi connectivity index (χ2v) is 10.0. The molecule has 1 atom stereocenters. The van der Waals surface area contributed by atoms with E-state index in [1.54, 1.807) is 7.11 Å². The zero-order valence-corrected chi connectivity index (χ0v) is 19.7. The number of aromatic amines is 1. The summed E-state index contributed by atoms with van der Waals surface area (Å²) in [7, 11) is 1.67. The number of methoxy groups -OCH3 is 1. The smallest absolute Gasteiger partial charge is 0.268 e. The predicted octanol–water partition coefficient (Wildman–Crippen LogP) is 4.44. The van der Waals surface area contributed by atoms with E-state index < -0.39 is 0 Å². The number of nitrogens with zero attached hydrogens (tertiary/aromatic N) is 1. The molecule has 1 aromatic heterocycles. The first-order chi connectivity index (χ1) is 15.3. The van der Waals surface area contributed by atoms with Crippen molar-refractivity contribution in [3.8, 4) is 5.75 Å². The molecule has 0 unspecified atom stereocenters. The van der Waals surface area contributed by atoms with Gasteiger partial charge in [0.05, 0.1) is 13.2 Å². The van der Waals surface area contributed by atoms with Gasteiger partial charge in [0.2, 0.25) is 0 Å². The fraction of sp³-hybridized carbons (Fsp3) is 0.538. The molecule has 2 heterocycles. The summed E-state index contributed by atoms with van der Waals surface area (Å²) >= 11 is 0. The highest BCUT2D eigenvalue weighted by atomic mass is 16.5. The highest BCUT2D eigenvalue weighted by Crippen LogP contribution is 2.36. The fourth-order valence-corrected chi connectivity index (χ4v) is 5.25. The molecule has 1 aliphatic heterocycles. The first-order valence-electron chi connectivity index (χ1n) is 11.7. The van der Waals surface area contributed by atoms with Gasteiger partial charge in [-0.25, -0.2) is 0 Å². The molecule has 0 spiro atoms. The van der Waals surface area contributed by atoms with Crippen molar-refractivity contribution in [3.63, 3.8) is 0 Å². The number of piperidine rings is 1. The number of ketones is 1. The number of H-pyrrole nitrogens is 1. The predicted molar refractivity (Wildman–Crippen MR) is 125 cm³/mol. The Hall–Kier alpha value is -2.60. The van der Waals surface area contributed by atoms with Crippen LogP contribution < -0.4 is 10.1 Å². The SMILES string of the molecule is COc1ccc([C@H](CNC(=O)c2[nH]c3c(c2C)C(=O)CC(C)(C)C3)N2CCCCC2)cc1. The summed E-state index contributed by atoms with van der Waals surface area (Å²) in [6, 6.07) is 8.23. The second-order valence-electron chi connectivity index (χ2n) is 10.0. The van der Waals surface area contributed by atoms with E-state index in [4.69, 9.17) is 4.74 Å². The number of amides is 1. The molecule has 0 bridgehead atoms. The number of carbonyl (C=O) groups excluding carboxylic acids is 2. The Kier molecular flexibility index (Phi) is 6.42. The van der Waals surface area contributed by atoms with Gasteiger partial charge in [-0.3, -0.25) is 14.5 Å². The number of hydrogen-bond donors (Lipinski definition) is 2. The number of Topliss-reactive ketones (excluding diaryl/α,β-unsaturated/α-hetero) is 1. The van der Waals surface area contributed by atoms with Gasteiger partial charge < -0.3 is 15.0 Å². The Morgan fingerprint density at radius 3 is 2.50 bits per heavy atom. The summed E-state index contributed by atoms with van der Waals surface area (Å²) in [6.45, 7) is 8.67. The highest BCUT2D eigenvalue weighted by Gasteiger charge is 2.35. The number of fused-ring (bicyclic) bond motifs is 1. The lowest BCUT2D eigenvalue weighted by atomic mass is 9.75. The molecule has 32 heavy (non-hydrogen) atoms. The second kappa shape index (κ2) is 9.10. The number of rotatable bonds is 6. The van der Waals surface area contributed by atoms with Crippen molar-refractivity contribution in [1.82, 2.24) is 15.2 Å². The molecule has 2 aliphatic rings. The molecule has 2 N–H and O–H groups in total. The van der Waals surface area contributed by atoms with Crippen molar-refractivity contribution in [1.29, 1.82) is 0 Å². The maximum Gasteiger partial charge on any atom is 0.268 e. The van der Waals surface area contributed by atoms with Crippen LogP contribution in [0, 0.1) is 12.3 Å². The lowest BCUT2D eigenvalue weighted by Crippen LogP contribution is -2.40. The Balaban J connectivity index is 1.53. The van der Waals surface area contributed by atoms with Gasteiger partial charge in [-0.05, 0) is 68.0 Å². The van der Waals surface area contributed by atoms with Crippen molar-refractivity contribution in [2.45, 2.75) is 58.9 Å². The monoisotopic (exact) mass is 437 g/mol. The van der Waals surface area contributed by atoms with E-state index in [1.165, 1.54) is 24.8 Å². The van der Waals surface area contributed by atoms with Crippen LogP contribution in [0.3, 0.4) is 0 Å². The topological polar surface area (TPSA) is 74.4 Å². The van der Waals surface area contributed by atoms with Crippen molar-refractivity contribution in [2.75, 3.05) is 26.7 Å². The normalized spacial score (nSPS) is 19.3. The van der Waals surface area contributed by atoms with Crippen LogP contribution in [0.5, 0.6) is 5.75 Å². The number of hydrogen-bond acceptors (Lipinski definition) is 4. The third kappa shape index (κ3) is 4.60. The lowest BCUT2D eigenvalue weighted by molar-refractivity contribution is 0.0906. The largest absolute Gasteiger partial charge is 0.497 e. The molecule has 1 fully saturated rings. The number of likely N-dealkylation sites (tertiary alicyclic amines) is 1. The van der Waals surface area contributed by atoms with Gasteiger partial charge in [-0.1, -0.05) is 32.4 Å². The van der Waals surface area contributed by atoms with Gasteiger partial charge >= 0.3 is 0 Å². The van der Waals surface area contributed by atoms with Crippen LogP contribution in [-0.2, 0) is 6.42 Å². The standard InChI is InChI=1S/C26H35N3O3/c1-17-23-20(14-26(2,3)15-22(23)30)28-24(17)25(31)27-16-21(29-12-6-5-7-13-29)18-8-10-19(32-4)11-9-18/h8-11,21,28H,5-7,12-16H2,1-4H3,(H,27,31)/t21-/m0/s1. The third-order valence-corrected chi connectivity index (χ3v) is 6.92. The van der Waals surface area contributed by atoms with Gasteiger partial charge in [0.1, 0.15) is 11.4 Å². The minimum Gasteiger partial charge on any atom is -0.497 e. The average Bonchev–Trinajstić information content (AvgIpc) is 3.10. The number of nitrogens with one attached hydrogen (secondary N) is 2. The van der Waals surface area contributed by atoms with Gasteiger partial charge in [0.15, 0.2) is 5.78 Å². The van der Waals surface area contributed by atoms with E-state index in [9.17, 15) is 9.59 Å². The van der Waals surface area contributed by atoms with E-state index >= 15 is 0 Å². The van der Waals surface area contributed by atoms with Crippen LogP contribution in [-0.4, -0.2) is 48.3 Å². The van der Waals surface area contributed by atoms with E-state index in [-0.39, 0.29) is 23.1 Å². The molecule has 1 aliphatic carbocycles. The summed E-state index contributed by atoms with van der Waals surface area (Å²) in [5.41, 5.74) is 4.01. The zero-order chi connectivity index (χ0) is 22.9. The van der Waals surface area contributed by atoms with Crippen molar-refractivity contribution >= 4 is 11.7 Å². The van der Waals surface area contributed by atoms with Crippen LogP contribution in [0.4, 0.5) is 0 Å². The summed E-state index contributed by atoms with van der Waals surface area (Å²) in [6.07, 6.45) is 4.93. The Labute approximate surface area is 190 Å². The van der Waals surface area contributed by atoms with Gasteiger partial charge in [-0.15, -0.1) is 0 Å². The van der Waals surface area contributed by atoms with Gasteiger partial charge in [0, 0.05) is 24.2 Å². The maximum absolute atomic E-state index is 13.2. The minimum atomic E-state index is -0.141. The summed E-state index contributed by atoms with van der Waals surface area (Å²) < 4.78 is 5.31. The molecule has 172 valence electrons. The molecule has 1 amide bonds. The van der Waals surface area contributed by atoms with Crippen LogP contribution >= 0.6 is 0 Å². The molecule has 6 heteroatoms. The fourth-order valence-electron chi connectivity index (χ4n) is 5.25. The molecular weight excluding hydrogens is 402 g/mol. The van der Waals surface area contributed by atoms with E-state index in [1.807, 2.05) is 19.1 Å². The number of ether oxygens (including phenoxy) is 1. The van der Waals surface area contributed by atoms with Crippen LogP contribution in [0.2, 0.25) is 0 Å². The van der Waals surface area contributed by atoms with Crippen LogP contribution in [0.25, 0.3) is 0 Å². The van der Waals surface area contributed by atoms with Crippen molar-refractivity contribution in [3.05, 3.63) is 52.3 Å². The summed E-state index contributed by atoms with van der Waals surface area (Å²) in [5.74, 6) is 0.821. The average molecular weight is 438 g/mol. The molecule has 4 rings (SSSR count). The van der Waals surface area contributed by atoms with Crippen molar-refractivity contribution < 1.29 is 14.3 Å². The molecule has 0 radical (unpaired) electrons. The third-order valence-electron chi connectivity index (χ3n) is 6.92. The zero-order valence-electron chi connectivity index (χ0n) is 19.7. The van der Waals surface area contributed by atoms with E-state index in [0.717, 1.165) is 42.1 Å². The molecular formula is C26H35N3O3. The molecule has 6 nitrogen and oxygen atoms in total. The lowest BCUT2D eigenvalue weighted by Gasteiger charge is -2.35. The molecule has 1 aromatic carbocycles. The minimum absolute atomic E-state index is 0.0805. The Bertz CT molecular complexity index is 984. The van der Waals surface area contributed by atoms with Crippen molar-refractivity contribution in [2.24, 2.45) is 5.41 Å². The Morgan fingerprint density at radius 1 is 1.16 bits per heavy atom.